The van der Waals surface area contributed by atoms with Crippen LogP contribution in [0.5, 0.6) is 0 Å². The van der Waals surface area contributed by atoms with E-state index in [1.807, 2.05) is 18.7 Å². The van der Waals surface area contributed by atoms with Crippen molar-refractivity contribution in [2.45, 2.75) is 57.3 Å². The molecule has 0 spiro atoms. The highest BCUT2D eigenvalue weighted by molar-refractivity contribution is 7.98. The summed E-state index contributed by atoms with van der Waals surface area (Å²) in [5.74, 6) is 1.17. The molecule has 0 radical (unpaired) electrons. The molecule has 1 saturated heterocycles. The zero-order valence-corrected chi connectivity index (χ0v) is 20.6. The molecule has 2 aromatic heterocycles. The number of H-pyrrole nitrogens is 1. The maximum atomic E-state index is 13.3. The number of aromatic nitrogens is 2. The van der Waals surface area contributed by atoms with E-state index in [1.54, 1.807) is 11.8 Å². The van der Waals surface area contributed by atoms with Crippen molar-refractivity contribution >= 4 is 39.2 Å². The lowest BCUT2D eigenvalue weighted by atomic mass is 10.1. The van der Waals surface area contributed by atoms with Crippen LogP contribution in [0.4, 0.5) is 0 Å². The summed E-state index contributed by atoms with van der Waals surface area (Å²) in [7, 11) is 0. The van der Waals surface area contributed by atoms with Crippen molar-refractivity contribution in [3.63, 3.8) is 0 Å². The molecule has 0 bridgehead atoms. The Morgan fingerprint density at radius 1 is 1.34 bits per heavy atom. The Bertz CT molecular complexity index is 1200. The monoisotopic (exact) mass is 471 g/mol. The minimum atomic E-state index is -0.176. The van der Waals surface area contributed by atoms with Crippen LogP contribution in [0.1, 0.15) is 52.0 Å². The normalized spacial score (nSPS) is 16.6. The number of ether oxygens (including phenoxy) is 1. The zero-order valence-electron chi connectivity index (χ0n) is 19.0. The molecule has 0 saturated carbocycles. The van der Waals surface area contributed by atoms with Crippen LogP contribution in [0.2, 0.25) is 0 Å². The molecule has 1 fully saturated rings. The van der Waals surface area contributed by atoms with Crippen molar-refractivity contribution in [2.24, 2.45) is 0 Å². The van der Waals surface area contributed by atoms with Gasteiger partial charge in [0.05, 0.1) is 22.1 Å². The molecule has 6 nitrogen and oxygen atoms in total. The molecule has 4 rings (SSSR count). The fourth-order valence-electron chi connectivity index (χ4n) is 4.11. The Morgan fingerprint density at radius 2 is 2.16 bits per heavy atom. The molecule has 8 heteroatoms. The Labute approximate surface area is 196 Å². The molecule has 0 aliphatic carbocycles. The number of carbonyl (C=O) groups excluding carboxylic acids is 1. The van der Waals surface area contributed by atoms with Crippen LogP contribution in [0.15, 0.2) is 27.9 Å². The summed E-state index contributed by atoms with van der Waals surface area (Å²) in [5.41, 5.74) is 2.95. The average molecular weight is 472 g/mol. The lowest BCUT2D eigenvalue weighted by Crippen LogP contribution is -2.43. The summed E-state index contributed by atoms with van der Waals surface area (Å²) in [5, 5.41) is 0.525. The zero-order chi connectivity index (χ0) is 22.8. The van der Waals surface area contributed by atoms with Gasteiger partial charge in [-0.25, -0.2) is 4.98 Å². The highest BCUT2D eigenvalue weighted by Crippen LogP contribution is 2.31. The SMILES string of the molecule is CCOC1CCCN(C(=O)c2sc3nc(CSc4cc(C)ccc4C)[nH]c(=O)c3c2C)C1. The Balaban J connectivity index is 1.58. The average Bonchev–Trinajstić information content (AvgIpc) is 3.11. The molecule has 32 heavy (non-hydrogen) atoms. The number of hydrogen-bond donors (Lipinski definition) is 1. The van der Waals surface area contributed by atoms with Crippen LogP contribution < -0.4 is 5.56 Å². The number of thioether (sulfide) groups is 1. The van der Waals surface area contributed by atoms with Crippen LogP contribution in [0.3, 0.4) is 0 Å². The summed E-state index contributed by atoms with van der Waals surface area (Å²) in [4.78, 5) is 38.0. The summed E-state index contributed by atoms with van der Waals surface area (Å²) in [6.07, 6.45) is 1.99. The second kappa shape index (κ2) is 9.77. The third-order valence-corrected chi connectivity index (χ3v) is 8.16. The second-order valence-corrected chi connectivity index (χ2v) is 10.3. The van der Waals surface area contributed by atoms with E-state index < -0.39 is 0 Å². The predicted molar refractivity (Wildman–Crippen MR) is 131 cm³/mol. The second-order valence-electron chi connectivity index (χ2n) is 8.28. The summed E-state index contributed by atoms with van der Waals surface area (Å²) in [6.45, 7) is 9.94. The molecule has 1 amide bonds. The largest absolute Gasteiger partial charge is 0.377 e. The number of aromatic amines is 1. The van der Waals surface area contributed by atoms with E-state index in [1.165, 1.54) is 27.4 Å². The summed E-state index contributed by atoms with van der Waals surface area (Å²) in [6, 6.07) is 6.35. The Hall–Kier alpha value is -2.16. The van der Waals surface area contributed by atoms with Gasteiger partial charge in [0.15, 0.2) is 0 Å². The highest BCUT2D eigenvalue weighted by Gasteiger charge is 2.28. The number of rotatable bonds is 6. The minimum Gasteiger partial charge on any atom is -0.377 e. The van der Waals surface area contributed by atoms with Gasteiger partial charge >= 0.3 is 0 Å². The quantitative estimate of drug-likeness (QED) is 0.521. The van der Waals surface area contributed by atoms with Gasteiger partial charge in [-0.2, -0.15) is 0 Å². The van der Waals surface area contributed by atoms with Crippen LogP contribution in [-0.4, -0.2) is 46.6 Å². The molecular formula is C24H29N3O3S2. The van der Waals surface area contributed by atoms with Crippen molar-refractivity contribution < 1.29 is 9.53 Å². The number of thiophene rings is 1. The van der Waals surface area contributed by atoms with Crippen molar-refractivity contribution in [2.75, 3.05) is 19.7 Å². The van der Waals surface area contributed by atoms with Gasteiger partial charge in [-0.3, -0.25) is 9.59 Å². The summed E-state index contributed by atoms with van der Waals surface area (Å²) >= 11 is 2.98. The van der Waals surface area contributed by atoms with Gasteiger partial charge in [-0.15, -0.1) is 23.1 Å². The molecule has 1 aliphatic heterocycles. The van der Waals surface area contributed by atoms with Gasteiger partial charge in [-0.1, -0.05) is 17.7 Å². The maximum absolute atomic E-state index is 13.3. The van der Waals surface area contributed by atoms with E-state index in [0.717, 1.165) is 24.9 Å². The van der Waals surface area contributed by atoms with E-state index in [0.29, 0.717) is 39.8 Å². The van der Waals surface area contributed by atoms with Gasteiger partial charge in [0.2, 0.25) is 0 Å². The van der Waals surface area contributed by atoms with Gasteiger partial charge in [0.25, 0.3) is 11.5 Å². The molecule has 170 valence electrons. The number of nitrogens with one attached hydrogen (secondary N) is 1. The number of aryl methyl sites for hydroxylation is 3. The first-order valence-corrected chi connectivity index (χ1v) is 12.8. The lowest BCUT2D eigenvalue weighted by molar-refractivity contribution is 0.00740. The number of likely N-dealkylation sites (tertiary alicyclic amines) is 1. The van der Waals surface area contributed by atoms with Crippen LogP contribution >= 0.6 is 23.1 Å². The fourth-order valence-corrected chi connectivity index (χ4v) is 6.27. The van der Waals surface area contributed by atoms with Crippen molar-refractivity contribution in [3.05, 3.63) is 55.9 Å². The molecule has 1 N–H and O–H groups in total. The van der Waals surface area contributed by atoms with Gasteiger partial charge < -0.3 is 14.6 Å². The first-order valence-electron chi connectivity index (χ1n) is 11.0. The molecule has 1 aliphatic rings. The van der Waals surface area contributed by atoms with Crippen LogP contribution in [0, 0.1) is 20.8 Å². The molecule has 1 atom stereocenters. The molecule has 1 aromatic carbocycles. The third-order valence-electron chi connectivity index (χ3n) is 5.82. The van der Waals surface area contributed by atoms with Crippen LogP contribution in [0.25, 0.3) is 10.2 Å². The fraction of sp³-hybridized carbons (Fsp3) is 0.458. The van der Waals surface area contributed by atoms with E-state index in [4.69, 9.17) is 9.72 Å². The van der Waals surface area contributed by atoms with E-state index in [-0.39, 0.29) is 17.6 Å². The van der Waals surface area contributed by atoms with Crippen molar-refractivity contribution in [1.82, 2.24) is 14.9 Å². The number of nitrogens with zero attached hydrogens (tertiary/aromatic N) is 2. The number of amides is 1. The first-order chi connectivity index (χ1) is 15.4. The number of hydrogen-bond acceptors (Lipinski definition) is 6. The van der Waals surface area contributed by atoms with Gasteiger partial charge in [0, 0.05) is 24.6 Å². The number of benzene rings is 1. The molecule has 3 aromatic rings. The van der Waals surface area contributed by atoms with Crippen molar-refractivity contribution in [3.8, 4) is 0 Å². The number of fused-ring (bicyclic) bond motifs is 1. The first kappa shape index (κ1) is 23.0. The maximum Gasteiger partial charge on any atom is 0.264 e. The predicted octanol–water partition coefficient (Wildman–Crippen LogP) is 4.84. The van der Waals surface area contributed by atoms with E-state index in [2.05, 4.69) is 37.0 Å². The number of carbonyl (C=O) groups is 1. The highest BCUT2D eigenvalue weighted by atomic mass is 32.2. The van der Waals surface area contributed by atoms with E-state index in [9.17, 15) is 9.59 Å². The Morgan fingerprint density at radius 3 is 2.94 bits per heavy atom. The van der Waals surface area contributed by atoms with Gasteiger partial charge in [0.1, 0.15) is 10.7 Å². The smallest absolute Gasteiger partial charge is 0.264 e. The Kier molecular flexibility index (Phi) is 7.02. The lowest BCUT2D eigenvalue weighted by Gasteiger charge is -2.32. The van der Waals surface area contributed by atoms with Crippen LogP contribution in [-0.2, 0) is 10.5 Å². The van der Waals surface area contributed by atoms with E-state index >= 15 is 0 Å². The molecule has 1 unspecified atom stereocenters. The minimum absolute atomic E-state index is 0.0272. The van der Waals surface area contributed by atoms with Crippen molar-refractivity contribution in [1.29, 1.82) is 0 Å². The molecular weight excluding hydrogens is 442 g/mol. The van der Waals surface area contributed by atoms with Gasteiger partial charge in [-0.05, 0) is 57.7 Å². The standard InChI is InChI=1S/C24H29N3O3S2/c1-5-30-17-7-6-10-27(12-17)24(29)21-16(4)20-22(28)25-19(26-23(20)32-21)13-31-18-11-14(2)8-9-15(18)3/h8-9,11,17H,5-7,10,12-13H2,1-4H3,(H,25,26,28). The third kappa shape index (κ3) is 4.77. The topological polar surface area (TPSA) is 75.3 Å². The number of piperidine rings is 1. The summed E-state index contributed by atoms with van der Waals surface area (Å²) < 4.78 is 5.74. The molecule has 3 heterocycles.